The molecule has 0 amide bonds. The van der Waals surface area contributed by atoms with Crippen molar-refractivity contribution in [1.29, 1.82) is 0 Å². The van der Waals surface area contributed by atoms with Crippen molar-refractivity contribution in [3.05, 3.63) is 46.5 Å². The Morgan fingerprint density at radius 2 is 1.15 bits per heavy atom. The second-order valence-electron chi connectivity index (χ2n) is 10.1. The molecule has 0 fully saturated rings. The van der Waals surface area contributed by atoms with Gasteiger partial charge in [-0.2, -0.15) is 0 Å². The third kappa shape index (κ3) is 11.7. The summed E-state index contributed by atoms with van der Waals surface area (Å²) in [7, 11) is -0.198. The number of ether oxygens (including phenoxy) is 6. The van der Waals surface area contributed by atoms with Gasteiger partial charge in [-0.05, 0) is 65.3 Å². The van der Waals surface area contributed by atoms with E-state index in [0.29, 0.717) is 82.0 Å². The van der Waals surface area contributed by atoms with Gasteiger partial charge < -0.3 is 29.8 Å². The topological polar surface area (TPSA) is 72.5 Å². The fourth-order valence-corrected chi connectivity index (χ4v) is 5.28. The zero-order chi connectivity index (χ0) is 28.8. The van der Waals surface area contributed by atoms with Crippen LogP contribution in [-0.2, 0) is 19.6 Å². The molecule has 40 heavy (non-hydrogen) atoms. The van der Waals surface area contributed by atoms with Crippen molar-refractivity contribution in [2.75, 3.05) is 59.5 Å². The maximum absolute atomic E-state index is 13.8. The molecule has 7 nitrogen and oxygen atoms in total. The Labute approximate surface area is 256 Å². The summed E-state index contributed by atoms with van der Waals surface area (Å²) in [5.41, 5.74) is 3.96. The Morgan fingerprint density at radius 1 is 0.725 bits per heavy atom. The molecule has 0 spiro atoms. The summed E-state index contributed by atoms with van der Waals surface area (Å²) in [6, 6.07) is 7.90. The van der Waals surface area contributed by atoms with Gasteiger partial charge in [-0.1, -0.05) is 32.9 Å². The molecule has 1 atom stereocenters. The Bertz CT molecular complexity index is 1000. The van der Waals surface area contributed by atoms with Crippen molar-refractivity contribution in [3.63, 3.8) is 0 Å². The predicted octanol–water partition coefficient (Wildman–Crippen LogP) is 3.11. The number of rotatable bonds is 18. The molecule has 0 aliphatic heterocycles. The van der Waals surface area contributed by atoms with Crippen LogP contribution in [0.3, 0.4) is 0 Å². The van der Waals surface area contributed by atoms with E-state index >= 15 is 0 Å². The summed E-state index contributed by atoms with van der Waals surface area (Å²) in [6.45, 7) is 20.7. The van der Waals surface area contributed by atoms with Gasteiger partial charge in [0.1, 0.15) is 37.1 Å². The third-order valence-corrected chi connectivity index (χ3v) is 7.20. The summed E-state index contributed by atoms with van der Waals surface area (Å²) < 4.78 is 34.6. The molecular weight excluding hydrogens is 522 g/mol. The van der Waals surface area contributed by atoms with Crippen molar-refractivity contribution in [3.8, 4) is 17.2 Å². The molecule has 0 heterocycles. The summed E-state index contributed by atoms with van der Waals surface area (Å²) in [5.74, 6) is 1.71. The van der Waals surface area contributed by atoms with Gasteiger partial charge in [0, 0.05) is 37.5 Å². The van der Waals surface area contributed by atoms with Crippen molar-refractivity contribution < 1.29 is 53.5 Å². The Morgan fingerprint density at radius 3 is 1.55 bits per heavy atom. The van der Waals surface area contributed by atoms with Crippen LogP contribution in [0, 0.1) is 13.8 Å². The van der Waals surface area contributed by atoms with E-state index in [1.807, 2.05) is 46.8 Å². The minimum atomic E-state index is -0.198. The average Bonchev–Trinajstić information content (AvgIpc) is 2.87. The van der Waals surface area contributed by atoms with Gasteiger partial charge in [-0.15, -0.1) is 0 Å². The van der Waals surface area contributed by atoms with Crippen LogP contribution in [-0.4, -0.2) is 65.0 Å². The van der Waals surface area contributed by atoms with Crippen molar-refractivity contribution in [2.45, 2.75) is 60.8 Å². The molecule has 0 aromatic heterocycles. The molecule has 0 saturated carbocycles. The maximum Gasteiger partial charge on any atom is 1.00 e. The molecule has 0 N–H and O–H groups in total. The Kier molecular flexibility index (Phi) is 17.1. The first kappa shape index (κ1) is 36.4. The zero-order valence-electron chi connectivity index (χ0n) is 27.0. The van der Waals surface area contributed by atoms with Gasteiger partial charge in [-0.3, -0.25) is 4.79 Å². The number of hydrogen-bond acceptors (Lipinski definition) is 7. The van der Waals surface area contributed by atoms with Crippen molar-refractivity contribution in [2.24, 2.45) is 0 Å². The van der Waals surface area contributed by atoms with E-state index in [1.54, 1.807) is 0 Å². The minimum Gasteiger partial charge on any atom is -1.00 e. The van der Waals surface area contributed by atoms with Crippen LogP contribution in [0.5, 0.6) is 17.2 Å². The van der Waals surface area contributed by atoms with Crippen LogP contribution in [0.4, 0.5) is 0 Å². The predicted molar refractivity (Wildman–Crippen MR) is 160 cm³/mol. The maximum atomic E-state index is 13.8. The molecule has 0 aliphatic carbocycles. The van der Waals surface area contributed by atoms with Crippen LogP contribution in [0.1, 0.15) is 70.0 Å². The molecule has 2 rings (SSSR count). The van der Waals surface area contributed by atoms with Gasteiger partial charge >= 0.3 is 18.9 Å². The molecule has 1 unspecified atom stereocenters. The molecule has 2 aromatic carbocycles. The first-order valence-electron chi connectivity index (χ1n) is 13.8. The number of hydrogen-bond donors (Lipinski definition) is 0. The zero-order valence-corrected chi connectivity index (χ0v) is 27.0. The quantitative estimate of drug-likeness (QED) is 0.155. The monoisotopic (exact) mass is 570 g/mol. The number of carbonyl (C=O) groups excluding carboxylic acids is 1. The molecule has 0 bridgehead atoms. The summed E-state index contributed by atoms with van der Waals surface area (Å²) in [5, 5.41) is 0.712. The van der Waals surface area contributed by atoms with Crippen molar-refractivity contribution in [1.82, 2.24) is 0 Å². The van der Waals surface area contributed by atoms with Crippen LogP contribution >= 0.6 is 8.58 Å². The first-order valence-corrected chi connectivity index (χ1v) is 14.8. The Balaban J connectivity index is 0.00000800. The minimum absolute atomic E-state index is 0. The van der Waals surface area contributed by atoms with E-state index < -0.39 is 0 Å². The summed E-state index contributed by atoms with van der Waals surface area (Å²) in [4.78, 5) is 13.8. The normalized spacial score (nSPS) is 11.5. The molecular formula is C31H48LiO7P. The SMILES string of the molecule is CCOCCOc1cc(OCCOCC)c(PC(=O)c2c(C)cc(C(C)(C)C)cc2C)c(OCCOCC)c1.[H-].[Li+]. The van der Waals surface area contributed by atoms with E-state index in [9.17, 15) is 4.79 Å². The van der Waals surface area contributed by atoms with Crippen molar-refractivity contribution >= 4 is 19.4 Å². The van der Waals surface area contributed by atoms with Gasteiger partial charge in [0.15, 0.2) is 5.52 Å². The number of carbonyl (C=O) groups is 1. The van der Waals surface area contributed by atoms with E-state index in [1.165, 1.54) is 5.56 Å². The summed E-state index contributed by atoms with van der Waals surface area (Å²) >= 11 is 0. The van der Waals surface area contributed by atoms with Crippen LogP contribution in [0.25, 0.3) is 0 Å². The van der Waals surface area contributed by atoms with Crippen LogP contribution in [0.2, 0.25) is 0 Å². The number of aryl methyl sites for hydroxylation is 2. The molecule has 0 aliphatic rings. The van der Waals surface area contributed by atoms with E-state index in [2.05, 4.69) is 32.9 Å². The third-order valence-electron chi connectivity index (χ3n) is 5.98. The first-order chi connectivity index (χ1) is 18.6. The van der Waals surface area contributed by atoms with Gasteiger partial charge in [0.25, 0.3) is 0 Å². The molecule has 9 heteroatoms. The number of benzene rings is 2. The van der Waals surface area contributed by atoms with E-state index in [0.717, 1.165) is 16.7 Å². The van der Waals surface area contributed by atoms with E-state index in [4.69, 9.17) is 28.4 Å². The Hall–Kier alpha value is -1.58. The fourth-order valence-electron chi connectivity index (χ4n) is 4.00. The standard InChI is InChI=1S/C31H47O7P.Li.H/c1-9-33-12-15-36-25-20-26(37-16-13-34-10-2)29(27(21-25)38-17-14-35-11-3)39-30(32)28-22(4)18-24(19-23(28)5)31(6,7)8;;/h18-21,39H,9-17H2,1-8H3;;/q;+1;-1. The van der Waals surface area contributed by atoms with E-state index in [-0.39, 0.29) is 39.8 Å². The second kappa shape index (κ2) is 18.8. The summed E-state index contributed by atoms with van der Waals surface area (Å²) in [6.07, 6.45) is 0. The van der Waals surface area contributed by atoms with Crippen LogP contribution in [0.15, 0.2) is 24.3 Å². The molecule has 0 saturated heterocycles. The smallest absolute Gasteiger partial charge is 1.00 e. The molecule has 2 aromatic rings. The molecule has 0 radical (unpaired) electrons. The van der Waals surface area contributed by atoms with Crippen LogP contribution < -0.4 is 38.4 Å². The van der Waals surface area contributed by atoms with Gasteiger partial charge in [-0.25, -0.2) is 0 Å². The second-order valence-corrected chi connectivity index (χ2v) is 11.3. The average molecular weight is 571 g/mol. The fraction of sp³-hybridized carbons (Fsp3) is 0.581. The van der Waals surface area contributed by atoms with Gasteiger partial charge in [0.2, 0.25) is 0 Å². The van der Waals surface area contributed by atoms with Gasteiger partial charge in [0.05, 0.1) is 25.1 Å². The molecule has 220 valence electrons. The largest absolute Gasteiger partial charge is 1.00 e.